The van der Waals surface area contributed by atoms with Gasteiger partial charge in [-0.05, 0) is 37.7 Å². The Bertz CT molecular complexity index is 590. The molecule has 3 unspecified atom stereocenters. The number of nitrogens with two attached hydrogens (primary N) is 1. The number of amides is 2. The van der Waals surface area contributed by atoms with Crippen LogP contribution in [0.3, 0.4) is 0 Å². The molecule has 144 valence electrons. The fraction of sp³-hybridized carbons (Fsp3) is 0.600. The number of nitrogens with one attached hydrogen (secondary N) is 1. The zero-order valence-electron chi connectivity index (χ0n) is 15.2. The van der Waals surface area contributed by atoms with Gasteiger partial charge in [-0.25, -0.2) is 0 Å². The van der Waals surface area contributed by atoms with Crippen molar-refractivity contribution in [2.45, 2.75) is 57.0 Å². The molecule has 6 heteroatoms. The van der Waals surface area contributed by atoms with Crippen LogP contribution in [0.15, 0.2) is 30.3 Å². The van der Waals surface area contributed by atoms with Crippen molar-refractivity contribution in [3.8, 4) is 0 Å². The molecule has 2 fully saturated rings. The van der Waals surface area contributed by atoms with Crippen LogP contribution < -0.4 is 11.1 Å². The Hall–Kier alpha value is -1.59. The number of carbonyl (C=O) groups is 2. The molecule has 0 aromatic heterocycles. The number of hydrogen-bond acceptors (Lipinski definition) is 3. The molecule has 2 amide bonds. The van der Waals surface area contributed by atoms with Crippen molar-refractivity contribution in [1.29, 1.82) is 0 Å². The van der Waals surface area contributed by atoms with E-state index in [1.165, 1.54) is 0 Å². The van der Waals surface area contributed by atoms with E-state index in [4.69, 9.17) is 5.73 Å². The molecular weight excluding hydrogens is 350 g/mol. The molecule has 2 aliphatic rings. The maximum atomic E-state index is 12.9. The number of likely N-dealkylation sites (tertiary alicyclic amines) is 1. The van der Waals surface area contributed by atoms with Gasteiger partial charge in [-0.2, -0.15) is 0 Å². The van der Waals surface area contributed by atoms with Crippen molar-refractivity contribution in [3.63, 3.8) is 0 Å². The minimum absolute atomic E-state index is 0. The maximum absolute atomic E-state index is 12.9. The Labute approximate surface area is 162 Å². The zero-order chi connectivity index (χ0) is 17.6. The lowest BCUT2D eigenvalue weighted by Gasteiger charge is -2.29. The first kappa shape index (κ1) is 20.7. The summed E-state index contributed by atoms with van der Waals surface area (Å²) in [5.41, 5.74) is 7.09. The van der Waals surface area contributed by atoms with Crippen molar-refractivity contribution >= 4 is 24.2 Å². The maximum Gasteiger partial charge on any atom is 0.245 e. The summed E-state index contributed by atoms with van der Waals surface area (Å²) in [5.74, 6) is -0.0214. The third-order valence-electron chi connectivity index (χ3n) is 5.40. The van der Waals surface area contributed by atoms with E-state index in [9.17, 15) is 9.59 Å². The van der Waals surface area contributed by atoms with E-state index >= 15 is 0 Å². The molecule has 1 heterocycles. The number of hydrogen-bond donors (Lipinski definition) is 2. The second-order valence-electron chi connectivity index (χ2n) is 7.41. The Balaban J connectivity index is 0.00000243. The molecule has 0 radical (unpaired) electrons. The molecule has 1 saturated carbocycles. The summed E-state index contributed by atoms with van der Waals surface area (Å²) < 4.78 is 0. The van der Waals surface area contributed by atoms with E-state index < -0.39 is 6.04 Å². The lowest BCUT2D eigenvalue weighted by molar-refractivity contribution is -0.137. The molecule has 0 bridgehead atoms. The van der Waals surface area contributed by atoms with Crippen molar-refractivity contribution in [2.75, 3.05) is 13.1 Å². The topological polar surface area (TPSA) is 75.4 Å². The minimum Gasteiger partial charge on any atom is -0.344 e. The Morgan fingerprint density at radius 3 is 2.46 bits per heavy atom. The normalized spacial score (nSPS) is 23.8. The monoisotopic (exact) mass is 379 g/mol. The van der Waals surface area contributed by atoms with Crippen LogP contribution in [0.2, 0.25) is 0 Å². The fourth-order valence-electron chi connectivity index (χ4n) is 3.96. The van der Waals surface area contributed by atoms with Gasteiger partial charge in [0.05, 0.1) is 0 Å². The van der Waals surface area contributed by atoms with Crippen LogP contribution in [0.25, 0.3) is 0 Å². The summed E-state index contributed by atoms with van der Waals surface area (Å²) in [6.07, 6.45) is 6.22. The van der Waals surface area contributed by atoms with Crippen molar-refractivity contribution in [2.24, 2.45) is 11.7 Å². The second kappa shape index (κ2) is 9.93. The first-order valence-corrected chi connectivity index (χ1v) is 9.52. The third kappa shape index (κ3) is 5.45. The second-order valence-corrected chi connectivity index (χ2v) is 7.41. The van der Waals surface area contributed by atoms with Crippen molar-refractivity contribution in [1.82, 2.24) is 10.2 Å². The van der Waals surface area contributed by atoms with Crippen LogP contribution in [0.1, 0.15) is 44.1 Å². The molecule has 3 atom stereocenters. The van der Waals surface area contributed by atoms with Gasteiger partial charge in [0.2, 0.25) is 11.8 Å². The van der Waals surface area contributed by atoms with Crippen LogP contribution in [-0.4, -0.2) is 41.9 Å². The molecule has 1 aromatic carbocycles. The molecule has 3 N–H and O–H groups in total. The summed E-state index contributed by atoms with van der Waals surface area (Å²) in [7, 11) is 0. The molecule has 1 aliphatic carbocycles. The predicted octanol–water partition coefficient (Wildman–Crippen LogP) is 2.28. The highest BCUT2D eigenvalue weighted by Gasteiger charge is 2.31. The first-order valence-electron chi connectivity index (χ1n) is 9.52. The number of halogens is 1. The van der Waals surface area contributed by atoms with Crippen LogP contribution in [-0.2, 0) is 16.0 Å². The van der Waals surface area contributed by atoms with Gasteiger partial charge < -0.3 is 16.0 Å². The third-order valence-corrected chi connectivity index (χ3v) is 5.40. The standard InChI is InChI=1S/C20H29N3O2.ClH/c21-17-10-6-9-16(14-17)19(24)22-18(13-15-7-2-1-3-8-15)20(25)23-11-4-5-12-23;/h1-3,7-8,16-18H,4-6,9-14,21H2,(H,22,24);1H. The molecule has 1 aromatic rings. The van der Waals surface area contributed by atoms with Crippen LogP contribution >= 0.6 is 12.4 Å². The Morgan fingerprint density at radius 2 is 1.81 bits per heavy atom. The van der Waals surface area contributed by atoms with E-state index in [2.05, 4.69) is 5.32 Å². The SMILES string of the molecule is Cl.NC1CCCC(C(=O)NC(Cc2ccccc2)C(=O)N2CCCC2)C1. The van der Waals surface area contributed by atoms with Crippen molar-refractivity contribution < 1.29 is 9.59 Å². The van der Waals surface area contributed by atoms with Crippen molar-refractivity contribution in [3.05, 3.63) is 35.9 Å². The summed E-state index contributed by atoms with van der Waals surface area (Å²) >= 11 is 0. The first-order chi connectivity index (χ1) is 12.1. The number of rotatable bonds is 5. The molecule has 26 heavy (non-hydrogen) atoms. The van der Waals surface area contributed by atoms with E-state index in [1.807, 2.05) is 35.2 Å². The molecule has 1 saturated heterocycles. The quantitative estimate of drug-likeness (QED) is 0.824. The van der Waals surface area contributed by atoms with Gasteiger partial charge in [0.1, 0.15) is 6.04 Å². The van der Waals surface area contributed by atoms with Gasteiger partial charge in [0.25, 0.3) is 0 Å². The molecule has 5 nitrogen and oxygen atoms in total. The largest absolute Gasteiger partial charge is 0.344 e. The Morgan fingerprint density at radius 1 is 1.12 bits per heavy atom. The molecule has 0 spiro atoms. The lowest BCUT2D eigenvalue weighted by Crippen LogP contribution is -2.51. The fourth-order valence-corrected chi connectivity index (χ4v) is 3.96. The van der Waals surface area contributed by atoms with E-state index in [0.717, 1.165) is 57.2 Å². The van der Waals surface area contributed by atoms with E-state index in [-0.39, 0.29) is 36.2 Å². The molecule has 3 rings (SSSR count). The van der Waals surface area contributed by atoms with Gasteiger partial charge >= 0.3 is 0 Å². The summed E-state index contributed by atoms with van der Waals surface area (Å²) in [4.78, 5) is 27.5. The average molecular weight is 380 g/mol. The van der Waals surface area contributed by atoms with Gasteiger partial charge in [-0.3, -0.25) is 9.59 Å². The highest BCUT2D eigenvalue weighted by molar-refractivity contribution is 5.89. The van der Waals surface area contributed by atoms with Gasteiger partial charge in [0, 0.05) is 31.5 Å². The molecule has 1 aliphatic heterocycles. The van der Waals surface area contributed by atoms with E-state index in [1.54, 1.807) is 0 Å². The number of nitrogens with zero attached hydrogens (tertiary/aromatic N) is 1. The lowest BCUT2D eigenvalue weighted by atomic mass is 9.85. The average Bonchev–Trinajstić information content (AvgIpc) is 3.16. The summed E-state index contributed by atoms with van der Waals surface area (Å²) in [5, 5.41) is 3.05. The smallest absolute Gasteiger partial charge is 0.245 e. The van der Waals surface area contributed by atoms with Gasteiger partial charge in [0.15, 0.2) is 0 Å². The van der Waals surface area contributed by atoms with E-state index in [0.29, 0.717) is 6.42 Å². The highest BCUT2D eigenvalue weighted by atomic mass is 35.5. The van der Waals surface area contributed by atoms with Crippen LogP contribution in [0.4, 0.5) is 0 Å². The highest BCUT2D eigenvalue weighted by Crippen LogP contribution is 2.23. The number of carbonyl (C=O) groups excluding carboxylic acids is 2. The summed E-state index contributed by atoms with van der Waals surface area (Å²) in [6.45, 7) is 1.60. The summed E-state index contributed by atoms with van der Waals surface area (Å²) in [6, 6.07) is 9.53. The Kier molecular flexibility index (Phi) is 7.91. The van der Waals surface area contributed by atoms with Gasteiger partial charge in [-0.15, -0.1) is 12.4 Å². The number of benzene rings is 1. The predicted molar refractivity (Wildman–Crippen MR) is 105 cm³/mol. The van der Waals surface area contributed by atoms with Crippen LogP contribution in [0.5, 0.6) is 0 Å². The van der Waals surface area contributed by atoms with Gasteiger partial charge in [-0.1, -0.05) is 36.8 Å². The van der Waals surface area contributed by atoms with Crippen LogP contribution in [0, 0.1) is 5.92 Å². The minimum atomic E-state index is -0.480. The molecular formula is C20H30ClN3O2. The zero-order valence-corrected chi connectivity index (χ0v) is 16.0.